The molecule has 0 aromatic carbocycles. The fraction of sp³-hybridized carbons (Fsp3) is 0.615. The van der Waals surface area contributed by atoms with Crippen molar-refractivity contribution in [3.8, 4) is 5.88 Å². The number of hydrogen-bond acceptors (Lipinski definition) is 6. The minimum atomic E-state index is -3.59. The highest BCUT2D eigenvalue weighted by Crippen LogP contribution is 2.20. The second kappa shape index (κ2) is 6.69. The monoisotopic (exact) mass is 315 g/mol. The van der Waals surface area contributed by atoms with Crippen LogP contribution in [-0.2, 0) is 14.8 Å². The Bertz CT molecular complexity index is 553. The highest BCUT2D eigenvalue weighted by Gasteiger charge is 2.34. The van der Waals surface area contributed by atoms with Gasteiger partial charge in [0.05, 0.1) is 25.5 Å². The molecule has 1 aliphatic heterocycles. The molecule has 0 amide bonds. The van der Waals surface area contributed by atoms with Gasteiger partial charge in [-0.15, -0.1) is 0 Å². The maximum Gasteiger partial charge on any atom is 0.242 e. The van der Waals surface area contributed by atoms with Crippen LogP contribution in [0, 0.1) is 0 Å². The smallest absolute Gasteiger partial charge is 0.242 e. The molecule has 2 N–H and O–H groups in total. The van der Waals surface area contributed by atoms with E-state index in [-0.39, 0.29) is 17.0 Å². The van der Waals surface area contributed by atoms with Gasteiger partial charge in [-0.05, 0) is 25.5 Å². The summed E-state index contributed by atoms with van der Waals surface area (Å²) in [6, 6.07) is 2.99. The normalized spacial score (nSPS) is 22.4. The van der Waals surface area contributed by atoms with Crippen molar-refractivity contribution in [1.82, 2.24) is 15.0 Å². The Labute approximate surface area is 125 Å². The standard InChI is InChI=1S/C13H21N3O4S/c1-19-10-13(6-3-7-15-13)9-16-21(17,18)11-4-5-12(20-2)14-8-11/h4-5,8,15-16H,3,6-7,9-10H2,1-2H3. The molecule has 2 heterocycles. The predicted octanol–water partition coefficient (Wildman–Crippen LogP) is 0.137. The lowest BCUT2D eigenvalue weighted by molar-refractivity contribution is 0.122. The molecule has 0 spiro atoms. The molecule has 7 nitrogen and oxygen atoms in total. The molecule has 1 fully saturated rings. The Morgan fingerprint density at radius 2 is 2.24 bits per heavy atom. The van der Waals surface area contributed by atoms with Crippen molar-refractivity contribution in [1.29, 1.82) is 0 Å². The van der Waals surface area contributed by atoms with Crippen LogP contribution in [0.5, 0.6) is 5.88 Å². The molecule has 1 unspecified atom stereocenters. The van der Waals surface area contributed by atoms with Crippen LogP contribution in [0.1, 0.15) is 12.8 Å². The summed E-state index contributed by atoms with van der Waals surface area (Å²) >= 11 is 0. The third-order valence-electron chi connectivity index (χ3n) is 3.58. The minimum Gasteiger partial charge on any atom is -0.481 e. The lowest BCUT2D eigenvalue weighted by Crippen LogP contribution is -2.52. The number of aromatic nitrogens is 1. The van der Waals surface area contributed by atoms with Gasteiger partial charge in [-0.1, -0.05) is 0 Å². The van der Waals surface area contributed by atoms with Crippen molar-refractivity contribution in [3.05, 3.63) is 18.3 Å². The maximum atomic E-state index is 12.3. The van der Waals surface area contributed by atoms with E-state index in [0.717, 1.165) is 19.4 Å². The van der Waals surface area contributed by atoms with Crippen molar-refractivity contribution < 1.29 is 17.9 Å². The van der Waals surface area contributed by atoms with Crippen LogP contribution >= 0.6 is 0 Å². The van der Waals surface area contributed by atoms with E-state index >= 15 is 0 Å². The number of ether oxygens (including phenoxy) is 2. The zero-order chi connectivity index (χ0) is 15.3. The summed E-state index contributed by atoms with van der Waals surface area (Å²) in [6.45, 7) is 1.63. The van der Waals surface area contributed by atoms with Gasteiger partial charge in [0, 0.05) is 19.7 Å². The number of sulfonamides is 1. The molecule has 0 aliphatic carbocycles. The van der Waals surface area contributed by atoms with Crippen LogP contribution in [0.25, 0.3) is 0 Å². The highest BCUT2D eigenvalue weighted by atomic mass is 32.2. The topological polar surface area (TPSA) is 89.5 Å². The van der Waals surface area contributed by atoms with E-state index in [9.17, 15) is 8.42 Å². The zero-order valence-corrected chi connectivity index (χ0v) is 13.1. The number of pyridine rings is 1. The number of hydrogen-bond donors (Lipinski definition) is 2. The van der Waals surface area contributed by atoms with Gasteiger partial charge in [-0.2, -0.15) is 0 Å². The van der Waals surface area contributed by atoms with E-state index in [0.29, 0.717) is 12.5 Å². The number of nitrogens with one attached hydrogen (secondary N) is 2. The molecule has 1 atom stereocenters. The Kier molecular flexibility index (Phi) is 5.15. The van der Waals surface area contributed by atoms with Crippen molar-refractivity contribution >= 4 is 10.0 Å². The van der Waals surface area contributed by atoms with Gasteiger partial charge in [0.2, 0.25) is 15.9 Å². The van der Waals surface area contributed by atoms with E-state index in [2.05, 4.69) is 15.0 Å². The predicted molar refractivity (Wildman–Crippen MR) is 77.8 cm³/mol. The first kappa shape index (κ1) is 16.2. The Balaban J connectivity index is 2.06. The first-order valence-electron chi connectivity index (χ1n) is 6.75. The van der Waals surface area contributed by atoms with Crippen LogP contribution in [-0.4, -0.2) is 52.9 Å². The van der Waals surface area contributed by atoms with E-state index in [1.807, 2.05) is 0 Å². The Morgan fingerprint density at radius 1 is 1.43 bits per heavy atom. The summed E-state index contributed by atoms with van der Waals surface area (Å²) in [5, 5.41) is 3.33. The third-order valence-corrected chi connectivity index (χ3v) is 4.97. The molecule has 0 bridgehead atoms. The summed E-state index contributed by atoms with van der Waals surface area (Å²) in [4.78, 5) is 4.03. The molecule has 0 saturated carbocycles. The van der Waals surface area contributed by atoms with Gasteiger partial charge in [0.1, 0.15) is 4.90 Å². The Hall–Kier alpha value is -1.22. The van der Waals surface area contributed by atoms with Crippen molar-refractivity contribution in [2.24, 2.45) is 0 Å². The van der Waals surface area contributed by atoms with E-state index in [1.54, 1.807) is 7.11 Å². The van der Waals surface area contributed by atoms with Crippen molar-refractivity contribution in [2.45, 2.75) is 23.3 Å². The van der Waals surface area contributed by atoms with Gasteiger partial charge < -0.3 is 14.8 Å². The van der Waals surface area contributed by atoms with E-state index in [1.165, 1.54) is 25.4 Å². The number of methoxy groups -OCH3 is 2. The van der Waals surface area contributed by atoms with Crippen LogP contribution in [0.15, 0.2) is 23.2 Å². The summed E-state index contributed by atoms with van der Waals surface area (Å²) in [7, 11) is -0.497. The van der Waals surface area contributed by atoms with Crippen LogP contribution < -0.4 is 14.8 Å². The molecule has 8 heteroatoms. The average molecular weight is 315 g/mol. The molecular weight excluding hydrogens is 294 g/mol. The number of nitrogens with zero attached hydrogens (tertiary/aromatic N) is 1. The lowest BCUT2D eigenvalue weighted by atomic mass is 9.99. The molecule has 1 aromatic rings. The van der Waals surface area contributed by atoms with E-state index in [4.69, 9.17) is 9.47 Å². The quantitative estimate of drug-likeness (QED) is 0.744. The molecule has 1 aliphatic rings. The van der Waals surface area contributed by atoms with Crippen LogP contribution in [0.4, 0.5) is 0 Å². The fourth-order valence-corrected chi connectivity index (χ4v) is 3.50. The van der Waals surface area contributed by atoms with Gasteiger partial charge in [-0.3, -0.25) is 0 Å². The molecule has 118 valence electrons. The first-order chi connectivity index (χ1) is 10.0. The highest BCUT2D eigenvalue weighted by molar-refractivity contribution is 7.89. The van der Waals surface area contributed by atoms with Gasteiger partial charge in [0.25, 0.3) is 0 Å². The first-order valence-corrected chi connectivity index (χ1v) is 8.23. The van der Waals surface area contributed by atoms with Crippen molar-refractivity contribution in [2.75, 3.05) is 33.9 Å². The fourth-order valence-electron chi connectivity index (χ4n) is 2.43. The van der Waals surface area contributed by atoms with E-state index < -0.39 is 10.0 Å². The molecule has 0 radical (unpaired) electrons. The minimum absolute atomic E-state index is 0.119. The third kappa shape index (κ3) is 3.91. The summed E-state index contributed by atoms with van der Waals surface area (Å²) < 4.78 is 37.3. The van der Waals surface area contributed by atoms with Crippen LogP contribution in [0.2, 0.25) is 0 Å². The largest absolute Gasteiger partial charge is 0.481 e. The molecule has 2 rings (SSSR count). The molecule has 1 saturated heterocycles. The number of rotatable bonds is 7. The molecular formula is C13H21N3O4S. The van der Waals surface area contributed by atoms with Crippen LogP contribution in [0.3, 0.4) is 0 Å². The second-order valence-electron chi connectivity index (χ2n) is 5.10. The second-order valence-corrected chi connectivity index (χ2v) is 6.87. The molecule has 21 heavy (non-hydrogen) atoms. The van der Waals surface area contributed by atoms with Gasteiger partial charge >= 0.3 is 0 Å². The van der Waals surface area contributed by atoms with Crippen molar-refractivity contribution in [3.63, 3.8) is 0 Å². The average Bonchev–Trinajstić information content (AvgIpc) is 2.95. The summed E-state index contributed by atoms with van der Waals surface area (Å²) in [6.07, 6.45) is 3.17. The SMILES string of the molecule is COCC1(CNS(=O)(=O)c2ccc(OC)nc2)CCCN1. The van der Waals surface area contributed by atoms with Gasteiger partial charge in [0.15, 0.2) is 0 Å². The zero-order valence-electron chi connectivity index (χ0n) is 12.3. The summed E-state index contributed by atoms with van der Waals surface area (Å²) in [5.74, 6) is 0.377. The van der Waals surface area contributed by atoms with Gasteiger partial charge in [-0.25, -0.2) is 18.1 Å². The maximum absolute atomic E-state index is 12.3. The Morgan fingerprint density at radius 3 is 2.76 bits per heavy atom. The lowest BCUT2D eigenvalue weighted by Gasteiger charge is -2.28. The molecule has 1 aromatic heterocycles. The summed E-state index contributed by atoms with van der Waals surface area (Å²) in [5.41, 5.74) is -0.332.